The maximum Gasteiger partial charge on any atom is 0.254 e. The third kappa shape index (κ3) is 4.33. The maximum absolute atomic E-state index is 13.9. The molecule has 0 atom stereocenters. The molecule has 4 rings (SSSR count). The molecule has 0 radical (unpaired) electrons. The molecule has 4 aromatic rings. The Balaban J connectivity index is 1.43. The van der Waals surface area contributed by atoms with Crippen molar-refractivity contribution in [2.45, 2.75) is 20.1 Å². The van der Waals surface area contributed by atoms with E-state index in [9.17, 15) is 9.18 Å². The van der Waals surface area contributed by atoms with Crippen LogP contribution in [0.3, 0.4) is 0 Å². The van der Waals surface area contributed by atoms with Crippen LogP contribution in [0.4, 0.5) is 4.39 Å². The van der Waals surface area contributed by atoms with Crippen LogP contribution in [0.25, 0.3) is 5.65 Å². The summed E-state index contributed by atoms with van der Waals surface area (Å²) in [6, 6.07) is 17.4. The molecule has 0 N–H and O–H groups in total. The monoisotopic (exact) mass is 403 g/mol. The second-order valence-electron chi connectivity index (χ2n) is 7.27. The van der Waals surface area contributed by atoms with Crippen molar-refractivity contribution >= 4 is 11.6 Å². The number of carbonyl (C=O) groups is 1. The highest BCUT2D eigenvalue weighted by atomic mass is 19.1. The Morgan fingerprint density at radius 2 is 1.93 bits per heavy atom. The van der Waals surface area contributed by atoms with E-state index in [-0.39, 0.29) is 18.3 Å². The van der Waals surface area contributed by atoms with E-state index in [4.69, 9.17) is 4.74 Å². The number of rotatable bonds is 6. The number of hydrogen-bond acceptors (Lipinski definition) is 3. The number of pyridine rings is 1. The normalized spacial score (nSPS) is 10.9. The van der Waals surface area contributed by atoms with Crippen LogP contribution in [0.5, 0.6) is 5.75 Å². The van der Waals surface area contributed by atoms with Crippen molar-refractivity contribution in [3.8, 4) is 5.75 Å². The van der Waals surface area contributed by atoms with E-state index in [1.165, 1.54) is 11.0 Å². The predicted octanol–water partition coefficient (Wildman–Crippen LogP) is 4.63. The van der Waals surface area contributed by atoms with Crippen molar-refractivity contribution in [3.63, 3.8) is 0 Å². The van der Waals surface area contributed by atoms with Gasteiger partial charge in [-0.2, -0.15) is 0 Å². The van der Waals surface area contributed by atoms with Crippen LogP contribution in [0.2, 0.25) is 0 Å². The molecular weight excluding hydrogens is 381 g/mol. The number of fused-ring (bicyclic) bond motifs is 1. The molecule has 6 heteroatoms. The first-order valence-corrected chi connectivity index (χ1v) is 9.65. The SMILES string of the molecule is Cc1ccc2nc(COc3cccc(C(=O)N(C)Cc4ccccc4F)c3)cn2c1. The summed E-state index contributed by atoms with van der Waals surface area (Å²) in [5.41, 5.74) is 3.77. The Labute approximate surface area is 174 Å². The van der Waals surface area contributed by atoms with Gasteiger partial charge in [-0.3, -0.25) is 4.79 Å². The highest BCUT2D eigenvalue weighted by Gasteiger charge is 2.14. The van der Waals surface area contributed by atoms with Gasteiger partial charge in [-0.1, -0.05) is 30.3 Å². The van der Waals surface area contributed by atoms with Gasteiger partial charge in [0.1, 0.15) is 23.8 Å². The fourth-order valence-corrected chi connectivity index (χ4v) is 3.28. The molecule has 0 fully saturated rings. The lowest BCUT2D eigenvalue weighted by Crippen LogP contribution is -2.26. The number of amides is 1. The lowest BCUT2D eigenvalue weighted by atomic mass is 10.1. The lowest BCUT2D eigenvalue weighted by molar-refractivity contribution is 0.0783. The minimum Gasteiger partial charge on any atom is -0.487 e. The van der Waals surface area contributed by atoms with Gasteiger partial charge in [-0.15, -0.1) is 0 Å². The fraction of sp³-hybridized carbons (Fsp3) is 0.167. The zero-order valence-electron chi connectivity index (χ0n) is 16.9. The molecule has 2 aromatic carbocycles. The number of ether oxygens (including phenoxy) is 1. The minimum atomic E-state index is -0.322. The molecule has 30 heavy (non-hydrogen) atoms. The van der Waals surface area contributed by atoms with Gasteiger partial charge in [0, 0.05) is 37.1 Å². The van der Waals surface area contributed by atoms with Crippen LogP contribution in [0.15, 0.2) is 73.1 Å². The van der Waals surface area contributed by atoms with Crippen LogP contribution >= 0.6 is 0 Å². The Bertz CT molecular complexity index is 1200. The van der Waals surface area contributed by atoms with E-state index in [2.05, 4.69) is 4.98 Å². The van der Waals surface area contributed by atoms with E-state index in [0.29, 0.717) is 23.5 Å². The summed E-state index contributed by atoms with van der Waals surface area (Å²) >= 11 is 0. The second kappa shape index (κ2) is 8.37. The van der Waals surface area contributed by atoms with Crippen molar-refractivity contribution in [2.75, 3.05) is 7.05 Å². The molecule has 0 aliphatic rings. The van der Waals surface area contributed by atoms with Gasteiger partial charge < -0.3 is 14.0 Å². The minimum absolute atomic E-state index is 0.192. The summed E-state index contributed by atoms with van der Waals surface area (Å²) in [6.45, 7) is 2.52. The van der Waals surface area contributed by atoms with Crippen molar-refractivity contribution in [2.24, 2.45) is 0 Å². The first kappa shape index (κ1) is 19.6. The first-order chi connectivity index (χ1) is 14.5. The molecular formula is C24H22FN3O2. The number of halogens is 1. The van der Waals surface area contributed by atoms with Crippen molar-refractivity contribution in [3.05, 3.63) is 101 Å². The van der Waals surface area contributed by atoms with Gasteiger partial charge in [0.05, 0.1) is 5.69 Å². The maximum atomic E-state index is 13.9. The number of imidazole rings is 1. The summed E-state index contributed by atoms with van der Waals surface area (Å²) in [5, 5.41) is 0. The Hall–Kier alpha value is -3.67. The highest BCUT2D eigenvalue weighted by molar-refractivity contribution is 5.94. The number of nitrogens with zero attached hydrogens (tertiary/aromatic N) is 3. The van der Waals surface area contributed by atoms with E-state index in [0.717, 1.165) is 16.9 Å². The quantitative estimate of drug-likeness (QED) is 0.471. The van der Waals surface area contributed by atoms with Crippen LogP contribution < -0.4 is 4.74 Å². The third-order valence-electron chi connectivity index (χ3n) is 4.83. The number of aryl methyl sites for hydroxylation is 1. The molecule has 0 spiro atoms. The van der Waals surface area contributed by atoms with Crippen molar-refractivity contribution in [1.29, 1.82) is 0 Å². The number of hydrogen-bond donors (Lipinski definition) is 0. The van der Waals surface area contributed by atoms with Gasteiger partial charge in [0.2, 0.25) is 0 Å². The van der Waals surface area contributed by atoms with Crippen LogP contribution in [0, 0.1) is 12.7 Å². The smallest absolute Gasteiger partial charge is 0.254 e. The van der Waals surface area contributed by atoms with Crippen LogP contribution in [-0.4, -0.2) is 27.2 Å². The highest BCUT2D eigenvalue weighted by Crippen LogP contribution is 2.18. The van der Waals surface area contributed by atoms with Gasteiger partial charge >= 0.3 is 0 Å². The molecule has 0 aliphatic carbocycles. The topological polar surface area (TPSA) is 46.8 Å². The summed E-state index contributed by atoms with van der Waals surface area (Å²) in [5.74, 6) is 0.0529. The summed E-state index contributed by atoms with van der Waals surface area (Å²) < 4.78 is 21.7. The third-order valence-corrected chi connectivity index (χ3v) is 4.83. The van der Waals surface area contributed by atoms with E-state index < -0.39 is 0 Å². The number of aromatic nitrogens is 2. The molecule has 152 valence electrons. The molecule has 1 amide bonds. The second-order valence-corrected chi connectivity index (χ2v) is 7.27. The standard InChI is InChI=1S/C24H22FN3O2/c1-17-10-11-23-26-20(15-28(23)13-17)16-30-21-8-5-7-18(12-21)24(29)27(2)14-19-6-3-4-9-22(19)25/h3-13,15H,14,16H2,1-2H3. The molecule has 0 bridgehead atoms. The fourth-order valence-electron chi connectivity index (χ4n) is 3.28. The molecule has 5 nitrogen and oxygen atoms in total. The molecule has 0 aliphatic heterocycles. The lowest BCUT2D eigenvalue weighted by Gasteiger charge is -2.18. The number of carbonyl (C=O) groups excluding carboxylic acids is 1. The first-order valence-electron chi connectivity index (χ1n) is 9.65. The summed E-state index contributed by atoms with van der Waals surface area (Å²) in [6.07, 6.45) is 3.94. The predicted molar refractivity (Wildman–Crippen MR) is 113 cm³/mol. The number of benzene rings is 2. The zero-order valence-corrected chi connectivity index (χ0v) is 16.9. The van der Waals surface area contributed by atoms with Gasteiger partial charge in [0.25, 0.3) is 5.91 Å². The Kier molecular flexibility index (Phi) is 5.48. The molecule has 0 saturated carbocycles. The van der Waals surface area contributed by atoms with Gasteiger partial charge in [0.15, 0.2) is 0 Å². The van der Waals surface area contributed by atoms with E-state index in [1.807, 2.05) is 35.9 Å². The molecule has 0 unspecified atom stereocenters. The Morgan fingerprint density at radius 3 is 2.77 bits per heavy atom. The Morgan fingerprint density at radius 1 is 1.10 bits per heavy atom. The molecule has 2 aromatic heterocycles. The van der Waals surface area contributed by atoms with Crippen molar-refractivity contribution in [1.82, 2.24) is 14.3 Å². The van der Waals surface area contributed by atoms with Crippen LogP contribution in [-0.2, 0) is 13.2 Å². The average Bonchev–Trinajstić information content (AvgIpc) is 3.15. The molecule has 0 saturated heterocycles. The summed E-state index contributed by atoms with van der Waals surface area (Å²) in [7, 11) is 1.65. The largest absolute Gasteiger partial charge is 0.487 e. The van der Waals surface area contributed by atoms with Gasteiger partial charge in [-0.25, -0.2) is 9.37 Å². The average molecular weight is 403 g/mol. The van der Waals surface area contributed by atoms with Crippen molar-refractivity contribution < 1.29 is 13.9 Å². The van der Waals surface area contributed by atoms with E-state index in [1.54, 1.807) is 49.5 Å². The van der Waals surface area contributed by atoms with Crippen LogP contribution in [0.1, 0.15) is 27.2 Å². The zero-order chi connectivity index (χ0) is 21.1. The van der Waals surface area contributed by atoms with E-state index >= 15 is 0 Å². The summed E-state index contributed by atoms with van der Waals surface area (Å²) in [4.78, 5) is 18.8. The molecule has 2 heterocycles. The van der Waals surface area contributed by atoms with Gasteiger partial charge in [-0.05, 0) is 42.8 Å².